The minimum absolute atomic E-state index is 0.110. The molecule has 134 valence electrons. The van der Waals surface area contributed by atoms with E-state index < -0.39 is 0 Å². The highest BCUT2D eigenvalue weighted by Crippen LogP contribution is 2.14. The van der Waals surface area contributed by atoms with Crippen molar-refractivity contribution in [3.05, 3.63) is 41.7 Å². The maximum absolute atomic E-state index is 12.2. The van der Waals surface area contributed by atoms with Gasteiger partial charge in [-0.3, -0.25) is 20.1 Å². The average molecular weight is 343 g/mol. The van der Waals surface area contributed by atoms with Crippen LogP contribution in [0.3, 0.4) is 0 Å². The van der Waals surface area contributed by atoms with E-state index in [-0.39, 0.29) is 17.9 Å². The molecule has 0 bridgehead atoms. The molecule has 2 heterocycles. The first-order valence-electron chi connectivity index (χ1n) is 8.70. The second-order valence-electron chi connectivity index (χ2n) is 6.66. The Morgan fingerprint density at radius 2 is 2.20 bits per heavy atom. The number of hydrogen-bond acceptors (Lipinski definition) is 5. The molecule has 1 saturated heterocycles. The van der Waals surface area contributed by atoms with Gasteiger partial charge in [0.15, 0.2) is 0 Å². The van der Waals surface area contributed by atoms with Gasteiger partial charge in [0, 0.05) is 25.6 Å². The minimum atomic E-state index is -0.124. The molecular formula is C18H25N5O2. The number of rotatable bonds is 6. The third-order valence-electron chi connectivity index (χ3n) is 4.19. The van der Waals surface area contributed by atoms with Crippen LogP contribution in [-0.4, -0.2) is 51.8 Å². The summed E-state index contributed by atoms with van der Waals surface area (Å²) in [6.07, 6.45) is 0.192. The van der Waals surface area contributed by atoms with Crippen LogP contribution in [0, 0.1) is 0 Å². The number of carbonyl (C=O) groups is 1. The topological polar surface area (TPSA) is 83.1 Å². The van der Waals surface area contributed by atoms with E-state index in [0.29, 0.717) is 19.0 Å². The second kappa shape index (κ2) is 8.22. The number of nitrogens with one attached hydrogen (secondary N) is 2. The van der Waals surface area contributed by atoms with E-state index in [0.717, 1.165) is 25.5 Å². The quantitative estimate of drug-likeness (QED) is 0.840. The highest BCUT2D eigenvalue weighted by molar-refractivity contribution is 5.89. The van der Waals surface area contributed by atoms with Gasteiger partial charge in [-0.1, -0.05) is 44.2 Å². The molecule has 3 rings (SSSR count). The molecule has 0 saturated carbocycles. The Bertz CT molecular complexity index is 686. The van der Waals surface area contributed by atoms with Gasteiger partial charge >= 0.3 is 0 Å². The van der Waals surface area contributed by atoms with E-state index in [2.05, 4.69) is 37.5 Å². The maximum Gasteiger partial charge on any atom is 0.248 e. The summed E-state index contributed by atoms with van der Waals surface area (Å²) >= 11 is 0. The van der Waals surface area contributed by atoms with Crippen molar-refractivity contribution in [3.8, 4) is 0 Å². The van der Waals surface area contributed by atoms with Gasteiger partial charge in [0.2, 0.25) is 11.9 Å². The average Bonchev–Trinajstić information content (AvgIpc) is 3.05. The number of amides is 1. The van der Waals surface area contributed by atoms with Crippen molar-refractivity contribution >= 4 is 11.9 Å². The molecule has 7 nitrogen and oxygen atoms in total. The summed E-state index contributed by atoms with van der Waals surface area (Å²) in [6.45, 7) is 7.18. The number of ether oxygens (including phenoxy) is 1. The molecule has 1 aromatic heterocycles. The van der Waals surface area contributed by atoms with Gasteiger partial charge in [-0.05, 0) is 5.56 Å². The molecule has 1 aromatic carbocycles. The van der Waals surface area contributed by atoms with Crippen molar-refractivity contribution in [2.24, 2.45) is 0 Å². The molecule has 1 aliphatic rings. The van der Waals surface area contributed by atoms with Crippen LogP contribution in [0.2, 0.25) is 0 Å². The van der Waals surface area contributed by atoms with E-state index in [1.807, 2.05) is 32.0 Å². The molecule has 1 fully saturated rings. The van der Waals surface area contributed by atoms with Crippen LogP contribution in [0.5, 0.6) is 0 Å². The molecule has 2 aromatic rings. The first-order valence-corrected chi connectivity index (χ1v) is 8.70. The predicted molar refractivity (Wildman–Crippen MR) is 95.2 cm³/mol. The molecule has 7 heteroatoms. The van der Waals surface area contributed by atoms with Gasteiger partial charge in [0.05, 0.1) is 19.1 Å². The predicted octanol–water partition coefficient (Wildman–Crippen LogP) is 2.16. The van der Waals surface area contributed by atoms with E-state index in [1.165, 1.54) is 5.56 Å². The number of aromatic nitrogens is 3. The van der Waals surface area contributed by atoms with Crippen LogP contribution in [0.1, 0.15) is 37.6 Å². The van der Waals surface area contributed by atoms with Gasteiger partial charge < -0.3 is 4.74 Å². The fourth-order valence-corrected chi connectivity index (χ4v) is 2.86. The van der Waals surface area contributed by atoms with Gasteiger partial charge in [-0.15, -0.1) is 5.10 Å². The number of benzene rings is 1. The number of anilines is 1. The molecule has 2 N–H and O–H groups in total. The Kier molecular flexibility index (Phi) is 5.78. The number of morpholine rings is 1. The van der Waals surface area contributed by atoms with Crippen molar-refractivity contribution < 1.29 is 9.53 Å². The molecule has 1 aliphatic heterocycles. The lowest BCUT2D eigenvalue weighted by Crippen LogP contribution is -2.43. The highest BCUT2D eigenvalue weighted by atomic mass is 16.5. The lowest BCUT2D eigenvalue weighted by molar-refractivity contribution is -0.121. The second-order valence-corrected chi connectivity index (χ2v) is 6.66. The number of H-pyrrole nitrogens is 1. The van der Waals surface area contributed by atoms with E-state index in [1.54, 1.807) is 0 Å². The fraction of sp³-hybridized carbons (Fsp3) is 0.500. The Labute approximate surface area is 147 Å². The molecule has 0 unspecified atom stereocenters. The number of aromatic amines is 1. The number of hydrogen-bond donors (Lipinski definition) is 2. The third kappa shape index (κ3) is 5.11. The molecular weight excluding hydrogens is 318 g/mol. The largest absolute Gasteiger partial charge is 0.375 e. The van der Waals surface area contributed by atoms with Crippen molar-refractivity contribution in [2.75, 3.05) is 25.0 Å². The first-order chi connectivity index (χ1) is 12.1. The summed E-state index contributed by atoms with van der Waals surface area (Å²) < 4.78 is 5.75. The first kappa shape index (κ1) is 17.6. The summed E-state index contributed by atoms with van der Waals surface area (Å²) in [5, 5.41) is 9.59. The lowest BCUT2D eigenvalue weighted by atomic mass is 10.1. The van der Waals surface area contributed by atoms with E-state index in [9.17, 15) is 4.79 Å². The fourth-order valence-electron chi connectivity index (χ4n) is 2.86. The van der Waals surface area contributed by atoms with Crippen LogP contribution in [0.15, 0.2) is 30.3 Å². The zero-order valence-electron chi connectivity index (χ0n) is 14.7. The Balaban J connectivity index is 1.49. The highest BCUT2D eigenvalue weighted by Gasteiger charge is 2.23. The Morgan fingerprint density at radius 1 is 1.40 bits per heavy atom. The van der Waals surface area contributed by atoms with E-state index >= 15 is 0 Å². The SMILES string of the molecule is CC(C)c1nc(NC(=O)C[C@@H]2CN(Cc3ccccc3)CCO2)n[nH]1. The van der Waals surface area contributed by atoms with Gasteiger partial charge in [-0.25, -0.2) is 0 Å². The zero-order chi connectivity index (χ0) is 17.6. The summed E-state index contributed by atoms with van der Waals surface area (Å²) in [6, 6.07) is 10.3. The van der Waals surface area contributed by atoms with Crippen LogP contribution in [0.25, 0.3) is 0 Å². The molecule has 0 aliphatic carbocycles. The summed E-state index contributed by atoms with van der Waals surface area (Å²) in [5.74, 6) is 1.20. The summed E-state index contributed by atoms with van der Waals surface area (Å²) in [7, 11) is 0. The van der Waals surface area contributed by atoms with Crippen molar-refractivity contribution in [3.63, 3.8) is 0 Å². The zero-order valence-corrected chi connectivity index (χ0v) is 14.7. The van der Waals surface area contributed by atoms with Gasteiger partial charge in [0.1, 0.15) is 5.82 Å². The van der Waals surface area contributed by atoms with Gasteiger partial charge in [0.25, 0.3) is 0 Å². The summed E-state index contributed by atoms with van der Waals surface area (Å²) in [5.41, 5.74) is 1.27. The van der Waals surface area contributed by atoms with Crippen molar-refractivity contribution in [2.45, 2.75) is 38.8 Å². The third-order valence-corrected chi connectivity index (χ3v) is 4.19. The van der Waals surface area contributed by atoms with Crippen molar-refractivity contribution in [1.82, 2.24) is 20.1 Å². The minimum Gasteiger partial charge on any atom is -0.375 e. The molecule has 1 atom stereocenters. The number of nitrogens with zero attached hydrogens (tertiary/aromatic N) is 3. The Morgan fingerprint density at radius 3 is 2.92 bits per heavy atom. The van der Waals surface area contributed by atoms with Crippen LogP contribution in [0.4, 0.5) is 5.95 Å². The van der Waals surface area contributed by atoms with E-state index in [4.69, 9.17) is 4.74 Å². The molecule has 25 heavy (non-hydrogen) atoms. The van der Waals surface area contributed by atoms with Crippen LogP contribution >= 0.6 is 0 Å². The summed E-state index contributed by atoms with van der Waals surface area (Å²) in [4.78, 5) is 18.8. The van der Waals surface area contributed by atoms with Crippen LogP contribution in [-0.2, 0) is 16.1 Å². The lowest BCUT2D eigenvalue weighted by Gasteiger charge is -2.32. The number of carbonyl (C=O) groups excluding carboxylic acids is 1. The Hall–Kier alpha value is -2.25. The maximum atomic E-state index is 12.2. The van der Waals surface area contributed by atoms with Crippen molar-refractivity contribution in [1.29, 1.82) is 0 Å². The molecule has 1 amide bonds. The monoisotopic (exact) mass is 343 g/mol. The smallest absolute Gasteiger partial charge is 0.248 e. The normalized spacial score (nSPS) is 18.4. The van der Waals surface area contributed by atoms with Crippen LogP contribution < -0.4 is 5.32 Å². The molecule has 0 radical (unpaired) electrons. The van der Waals surface area contributed by atoms with Gasteiger partial charge in [-0.2, -0.15) is 4.98 Å². The standard InChI is InChI=1S/C18H25N5O2/c1-13(2)17-20-18(22-21-17)19-16(24)10-15-12-23(8-9-25-15)11-14-6-4-3-5-7-14/h3-7,13,15H,8-12H2,1-2H3,(H2,19,20,21,22,24)/t15-/m1/s1. The molecule has 0 spiro atoms.